The van der Waals surface area contributed by atoms with Crippen molar-refractivity contribution in [2.24, 2.45) is 0 Å². The molecule has 0 spiro atoms. The summed E-state index contributed by atoms with van der Waals surface area (Å²) < 4.78 is 13.1. The molecule has 0 amide bonds. The number of pyridine rings is 1. The Bertz CT molecular complexity index is 299. The van der Waals surface area contributed by atoms with Crippen LogP contribution in [-0.2, 0) is 0 Å². The zero-order valence-corrected chi connectivity index (χ0v) is 7.11. The van der Waals surface area contributed by atoms with Gasteiger partial charge in [-0.05, 0) is 19.0 Å². The quantitative estimate of drug-likeness (QED) is 0.678. The molecule has 1 N–H and O–H groups in total. The number of hydrogen-bond acceptors (Lipinski definition) is 2. The number of aromatic nitrogens is 1. The highest BCUT2D eigenvalue weighted by Gasteiger charge is 2.21. The first-order valence-electron chi connectivity index (χ1n) is 3.81. The molecular formula is C8H8ClFN2. The molecule has 4 heteroatoms. The van der Waals surface area contributed by atoms with Gasteiger partial charge in [-0.15, -0.1) is 0 Å². The van der Waals surface area contributed by atoms with Gasteiger partial charge in [-0.3, -0.25) is 0 Å². The van der Waals surface area contributed by atoms with Crippen LogP contribution in [-0.4, -0.2) is 11.5 Å². The summed E-state index contributed by atoms with van der Waals surface area (Å²) in [6, 6.07) is 1.71. The van der Waals surface area contributed by atoms with Gasteiger partial charge < -0.3 is 5.32 Å². The molecule has 2 rings (SSSR count). The summed E-state index contributed by atoms with van der Waals surface area (Å²) in [4.78, 5) is 3.64. The molecule has 0 radical (unpaired) electrons. The van der Waals surface area contributed by atoms with E-state index in [0.717, 1.165) is 19.2 Å². The van der Waals surface area contributed by atoms with Crippen molar-refractivity contribution < 1.29 is 4.39 Å². The highest BCUT2D eigenvalue weighted by molar-refractivity contribution is 6.29. The summed E-state index contributed by atoms with van der Waals surface area (Å²) in [5.74, 6) is -0.281. The third kappa shape index (κ3) is 1.30. The molecule has 1 aliphatic heterocycles. The number of rotatable bonds is 1. The Labute approximate surface area is 74.8 Å². The van der Waals surface area contributed by atoms with Gasteiger partial charge in [-0.1, -0.05) is 11.6 Å². The van der Waals surface area contributed by atoms with Crippen LogP contribution in [0.5, 0.6) is 0 Å². The van der Waals surface area contributed by atoms with Gasteiger partial charge >= 0.3 is 0 Å². The minimum absolute atomic E-state index is 0.130. The molecule has 1 fully saturated rings. The van der Waals surface area contributed by atoms with Crippen LogP contribution in [0.25, 0.3) is 0 Å². The number of halogens is 2. The molecule has 0 saturated carbocycles. The first kappa shape index (κ1) is 7.95. The molecule has 2 heterocycles. The third-order valence-corrected chi connectivity index (χ3v) is 2.26. The fraction of sp³-hybridized carbons (Fsp3) is 0.375. The van der Waals surface area contributed by atoms with Crippen LogP contribution >= 0.6 is 11.6 Å². The van der Waals surface area contributed by atoms with Crippen LogP contribution < -0.4 is 5.32 Å². The summed E-state index contributed by atoms with van der Waals surface area (Å²) in [7, 11) is 0. The molecule has 0 bridgehead atoms. The van der Waals surface area contributed by atoms with E-state index in [1.807, 2.05) is 0 Å². The summed E-state index contributed by atoms with van der Waals surface area (Å²) in [5, 5.41) is 3.45. The maximum absolute atomic E-state index is 13.1. The second-order valence-corrected chi connectivity index (χ2v) is 3.21. The van der Waals surface area contributed by atoms with Crippen LogP contribution in [0.4, 0.5) is 4.39 Å². The van der Waals surface area contributed by atoms with Crippen molar-refractivity contribution >= 4 is 11.6 Å². The summed E-state index contributed by atoms with van der Waals surface area (Å²) >= 11 is 5.64. The van der Waals surface area contributed by atoms with E-state index in [9.17, 15) is 4.39 Å². The van der Waals surface area contributed by atoms with Gasteiger partial charge in [-0.25, -0.2) is 9.37 Å². The molecule has 1 aliphatic rings. The summed E-state index contributed by atoms with van der Waals surface area (Å²) in [5.41, 5.74) is 0.626. The topological polar surface area (TPSA) is 24.9 Å². The summed E-state index contributed by atoms with van der Waals surface area (Å²) in [6.07, 6.45) is 2.13. The summed E-state index contributed by atoms with van der Waals surface area (Å²) in [6.45, 7) is 0.948. The molecular weight excluding hydrogens is 179 g/mol. The molecule has 2 nitrogen and oxygen atoms in total. The van der Waals surface area contributed by atoms with Crippen molar-refractivity contribution in [2.45, 2.75) is 12.5 Å². The van der Waals surface area contributed by atoms with E-state index in [2.05, 4.69) is 10.3 Å². The zero-order valence-electron chi connectivity index (χ0n) is 6.35. The molecule has 12 heavy (non-hydrogen) atoms. The van der Waals surface area contributed by atoms with Crippen LogP contribution in [0.3, 0.4) is 0 Å². The zero-order chi connectivity index (χ0) is 8.55. The van der Waals surface area contributed by atoms with Crippen molar-refractivity contribution in [1.29, 1.82) is 0 Å². The highest BCUT2D eigenvalue weighted by atomic mass is 35.5. The minimum Gasteiger partial charge on any atom is -0.310 e. The fourth-order valence-electron chi connectivity index (χ4n) is 1.25. The van der Waals surface area contributed by atoms with Gasteiger partial charge in [0.25, 0.3) is 0 Å². The third-order valence-electron chi connectivity index (χ3n) is 2.05. The van der Waals surface area contributed by atoms with Crippen LogP contribution in [0.2, 0.25) is 5.15 Å². The second-order valence-electron chi connectivity index (χ2n) is 2.82. The second kappa shape index (κ2) is 2.99. The fourth-order valence-corrected chi connectivity index (χ4v) is 1.41. The Morgan fingerprint density at radius 2 is 2.42 bits per heavy atom. The molecule has 0 unspecified atom stereocenters. The SMILES string of the molecule is Fc1cnc(Cl)cc1[C@@H]1CCN1. The van der Waals surface area contributed by atoms with Gasteiger partial charge in [-0.2, -0.15) is 0 Å². The van der Waals surface area contributed by atoms with Gasteiger partial charge in [0.1, 0.15) is 11.0 Å². The Kier molecular flexibility index (Phi) is 1.98. The monoisotopic (exact) mass is 186 g/mol. The van der Waals surface area contributed by atoms with Crippen molar-refractivity contribution in [1.82, 2.24) is 10.3 Å². The van der Waals surface area contributed by atoms with E-state index in [4.69, 9.17) is 11.6 Å². The molecule has 0 aromatic carbocycles. The number of nitrogens with zero attached hydrogens (tertiary/aromatic N) is 1. The first-order chi connectivity index (χ1) is 5.77. The maximum Gasteiger partial charge on any atom is 0.146 e. The van der Waals surface area contributed by atoms with E-state index < -0.39 is 0 Å². The number of hydrogen-bond donors (Lipinski definition) is 1. The molecule has 0 aliphatic carbocycles. The average Bonchev–Trinajstić information content (AvgIpc) is 1.93. The van der Waals surface area contributed by atoms with Crippen molar-refractivity contribution in [3.63, 3.8) is 0 Å². The lowest BCUT2D eigenvalue weighted by Crippen LogP contribution is -2.35. The van der Waals surface area contributed by atoms with Crippen LogP contribution in [0.1, 0.15) is 18.0 Å². The standard InChI is InChI=1S/C8H8ClFN2/c9-8-3-5(6(10)4-12-8)7-1-2-11-7/h3-4,7,11H,1-2H2/t7-/m0/s1. The Balaban J connectivity index is 2.34. The Hall–Kier alpha value is -0.670. The van der Waals surface area contributed by atoms with E-state index in [0.29, 0.717) is 10.7 Å². The highest BCUT2D eigenvalue weighted by Crippen LogP contribution is 2.26. The van der Waals surface area contributed by atoms with Gasteiger partial charge in [0.15, 0.2) is 0 Å². The normalized spacial score (nSPS) is 22.0. The minimum atomic E-state index is -0.281. The van der Waals surface area contributed by atoms with Gasteiger partial charge in [0, 0.05) is 11.6 Å². The van der Waals surface area contributed by atoms with E-state index in [1.165, 1.54) is 0 Å². The Morgan fingerprint density at radius 3 is 3.00 bits per heavy atom. The molecule has 1 atom stereocenters. The lowest BCUT2D eigenvalue weighted by atomic mass is 9.99. The smallest absolute Gasteiger partial charge is 0.146 e. The molecule has 1 aromatic rings. The largest absolute Gasteiger partial charge is 0.310 e. The van der Waals surface area contributed by atoms with Crippen molar-refractivity contribution in [3.05, 3.63) is 28.8 Å². The lowest BCUT2D eigenvalue weighted by Gasteiger charge is -2.28. The van der Waals surface area contributed by atoms with Crippen LogP contribution in [0, 0.1) is 5.82 Å². The lowest BCUT2D eigenvalue weighted by molar-refractivity contribution is 0.369. The number of nitrogens with one attached hydrogen (secondary N) is 1. The van der Waals surface area contributed by atoms with Crippen molar-refractivity contribution in [2.75, 3.05) is 6.54 Å². The predicted molar refractivity (Wildman–Crippen MR) is 44.6 cm³/mol. The maximum atomic E-state index is 13.1. The van der Waals surface area contributed by atoms with E-state index in [-0.39, 0.29) is 11.9 Å². The first-order valence-corrected chi connectivity index (χ1v) is 4.19. The molecule has 1 saturated heterocycles. The Morgan fingerprint density at radius 1 is 1.67 bits per heavy atom. The van der Waals surface area contributed by atoms with Gasteiger partial charge in [0.05, 0.1) is 6.20 Å². The molecule has 64 valence electrons. The average molecular weight is 187 g/mol. The van der Waals surface area contributed by atoms with Crippen molar-refractivity contribution in [3.8, 4) is 0 Å². The predicted octanol–water partition coefficient (Wildman–Crippen LogP) is 1.91. The van der Waals surface area contributed by atoms with E-state index >= 15 is 0 Å². The molecule has 1 aromatic heterocycles. The van der Waals surface area contributed by atoms with E-state index in [1.54, 1.807) is 6.07 Å². The van der Waals surface area contributed by atoms with Crippen LogP contribution in [0.15, 0.2) is 12.3 Å². The van der Waals surface area contributed by atoms with Gasteiger partial charge in [0.2, 0.25) is 0 Å².